The average Bonchev–Trinajstić information content (AvgIpc) is 2.43. The third-order valence-electron chi connectivity index (χ3n) is 3.91. The lowest BCUT2D eigenvalue weighted by Crippen LogP contribution is -2.12. The second-order valence-corrected chi connectivity index (χ2v) is 8.33. The van der Waals surface area contributed by atoms with Crippen molar-refractivity contribution in [3.63, 3.8) is 0 Å². The number of hydrogen-bond donors (Lipinski definition) is 1. The first-order valence-corrected chi connectivity index (χ1v) is 9.15. The Bertz CT molecular complexity index is 454. The highest BCUT2D eigenvalue weighted by Crippen LogP contribution is 2.21. The Morgan fingerprint density at radius 2 is 1.61 bits per heavy atom. The fraction of sp³-hybridized carbons (Fsp3) is 0.667. The average molecular weight is 318 g/mol. The largest absolute Gasteiger partial charge is 0.326 e. The molecule has 23 heavy (non-hydrogen) atoms. The van der Waals surface area contributed by atoms with Crippen LogP contribution < -0.4 is 5.32 Å². The van der Waals surface area contributed by atoms with Crippen LogP contribution in [0, 0.1) is 11.3 Å². The van der Waals surface area contributed by atoms with Crippen LogP contribution in [0.1, 0.15) is 78.7 Å². The van der Waals surface area contributed by atoms with Crippen LogP contribution in [0.5, 0.6) is 0 Å². The van der Waals surface area contributed by atoms with Gasteiger partial charge in [0.1, 0.15) is 0 Å². The maximum atomic E-state index is 12.0. The maximum Gasteiger partial charge on any atom is 0.224 e. The molecule has 2 heteroatoms. The third kappa shape index (κ3) is 10.1. The smallest absolute Gasteiger partial charge is 0.224 e. The van der Waals surface area contributed by atoms with E-state index in [4.69, 9.17) is 0 Å². The first kappa shape index (κ1) is 19.7. The second kappa shape index (κ2) is 9.75. The molecule has 0 unspecified atom stereocenters. The summed E-state index contributed by atoms with van der Waals surface area (Å²) in [4.78, 5) is 12.0. The normalized spacial score (nSPS) is 11.7. The van der Waals surface area contributed by atoms with E-state index in [1.807, 2.05) is 12.1 Å². The van der Waals surface area contributed by atoms with Crippen LogP contribution in [-0.4, -0.2) is 5.91 Å². The lowest BCUT2D eigenvalue weighted by Gasteiger charge is -2.18. The van der Waals surface area contributed by atoms with Gasteiger partial charge in [-0.3, -0.25) is 4.79 Å². The molecular weight excluding hydrogens is 282 g/mol. The van der Waals surface area contributed by atoms with Crippen molar-refractivity contribution in [2.24, 2.45) is 11.3 Å². The first-order valence-electron chi connectivity index (χ1n) is 9.15. The van der Waals surface area contributed by atoms with E-state index in [0.717, 1.165) is 30.9 Å². The molecule has 1 aromatic rings. The molecule has 0 aromatic heterocycles. The van der Waals surface area contributed by atoms with E-state index in [2.05, 4.69) is 52.1 Å². The van der Waals surface area contributed by atoms with Crippen LogP contribution >= 0.6 is 0 Å². The number of carbonyl (C=O) groups is 1. The molecule has 0 bridgehead atoms. The summed E-state index contributed by atoms with van der Waals surface area (Å²) < 4.78 is 0. The summed E-state index contributed by atoms with van der Waals surface area (Å²) in [5.41, 5.74) is 2.52. The van der Waals surface area contributed by atoms with E-state index in [1.165, 1.54) is 24.8 Å². The van der Waals surface area contributed by atoms with Gasteiger partial charge in [0.05, 0.1) is 0 Å². The quantitative estimate of drug-likeness (QED) is 0.539. The lowest BCUT2D eigenvalue weighted by molar-refractivity contribution is -0.116. The third-order valence-corrected chi connectivity index (χ3v) is 3.91. The number of anilines is 1. The summed E-state index contributed by atoms with van der Waals surface area (Å²) in [5.74, 6) is 0.928. The summed E-state index contributed by atoms with van der Waals surface area (Å²) in [6.45, 7) is 11.2. The van der Waals surface area contributed by atoms with E-state index in [1.54, 1.807) is 0 Å². The van der Waals surface area contributed by atoms with E-state index >= 15 is 0 Å². The fourth-order valence-corrected chi connectivity index (χ4v) is 2.73. The van der Waals surface area contributed by atoms with E-state index < -0.39 is 0 Å². The highest BCUT2D eigenvalue weighted by molar-refractivity contribution is 5.90. The van der Waals surface area contributed by atoms with Gasteiger partial charge < -0.3 is 5.32 Å². The molecule has 0 saturated carbocycles. The molecule has 1 aromatic carbocycles. The summed E-state index contributed by atoms with van der Waals surface area (Å²) in [5, 5.41) is 3.00. The molecule has 1 rings (SSSR count). The Labute approximate surface area is 143 Å². The second-order valence-electron chi connectivity index (χ2n) is 8.33. The van der Waals surface area contributed by atoms with E-state index in [-0.39, 0.29) is 5.91 Å². The zero-order valence-electron chi connectivity index (χ0n) is 15.7. The molecule has 1 amide bonds. The molecule has 0 radical (unpaired) electrons. The van der Waals surface area contributed by atoms with Crippen LogP contribution in [0.15, 0.2) is 24.3 Å². The first-order chi connectivity index (χ1) is 10.8. The molecule has 0 heterocycles. The van der Waals surface area contributed by atoms with Gasteiger partial charge in [-0.05, 0) is 41.9 Å². The molecule has 0 aliphatic rings. The number of rotatable bonds is 9. The van der Waals surface area contributed by atoms with Gasteiger partial charge in [0, 0.05) is 12.1 Å². The van der Waals surface area contributed by atoms with Gasteiger partial charge in [-0.1, -0.05) is 72.4 Å². The number of nitrogens with one attached hydrogen (secondary N) is 1. The number of amides is 1. The highest BCUT2D eigenvalue weighted by atomic mass is 16.1. The minimum atomic E-state index is 0.137. The Morgan fingerprint density at radius 1 is 1.00 bits per heavy atom. The molecular formula is C21H35NO. The SMILES string of the molecule is CC(C)CCCCCCC(=O)Nc1ccc(CC(C)(C)C)cc1. The van der Waals surface area contributed by atoms with Crippen LogP contribution in [0.3, 0.4) is 0 Å². The standard InChI is InChI=1S/C21H35NO/c1-17(2)10-8-6-7-9-11-20(23)22-19-14-12-18(13-15-19)16-21(3,4)5/h12-15,17H,6-11,16H2,1-5H3,(H,22,23). The molecule has 130 valence electrons. The summed E-state index contributed by atoms with van der Waals surface area (Å²) >= 11 is 0. The van der Waals surface area contributed by atoms with Crippen LogP contribution in [0.25, 0.3) is 0 Å². The van der Waals surface area contributed by atoms with Gasteiger partial charge in [-0.2, -0.15) is 0 Å². The van der Waals surface area contributed by atoms with Crippen LogP contribution in [0.4, 0.5) is 5.69 Å². The van der Waals surface area contributed by atoms with Gasteiger partial charge in [0.25, 0.3) is 0 Å². The maximum absolute atomic E-state index is 12.0. The highest BCUT2D eigenvalue weighted by Gasteiger charge is 2.11. The van der Waals surface area contributed by atoms with Gasteiger partial charge in [0.2, 0.25) is 5.91 Å². The minimum Gasteiger partial charge on any atom is -0.326 e. The van der Waals surface area contributed by atoms with Crippen molar-refractivity contribution in [1.29, 1.82) is 0 Å². The molecule has 0 aliphatic carbocycles. The number of carbonyl (C=O) groups excluding carboxylic acids is 1. The van der Waals surface area contributed by atoms with E-state index in [9.17, 15) is 4.79 Å². The zero-order chi connectivity index (χ0) is 17.3. The summed E-state index contributed by atoms with van der Waals surface area (Å²) in [7, 11) is 0. The molecule has 0 fully saturated rings. The van der Waals surface area contributed by atoms with Gasteiger partial charge in [-0.25, -0.2) is 0 Å². The number of hydrogen-bond acceptors (Lipinski definition) is 1. The Hall–Kier alpha value is -1.31. The van der Waals surface area contributed by atoms with Gasteiger partial charge in [-0.15, -0.1) is 0 Å². The molecule has 0 atom stereocenters. The van der Waals surface area contributed by atoms with Crippen molar-refractivity contribution >= 4 is 11.6 Å². The Balaban J connectivity index is 2.24. The lowest BCUT2D eigenvalue weighted by atomic mass is 9.88. The van der Waals surface area contributed by atoms with E-state index in [0.29, 0.717) is 11.8 Å². The van der Waals surface area contributed by atoms with Crippen molar-refractivity contribution in [3.8, 4) is 0 Å². The Kier molecular flexibility index (Phi) is 8.36. The van der Waals surface area contributed by atoms with Crippen LogP contribution in [0.2, 0.25) is 0 Å². The predicted octanol–water partition coefficient (Wildman–Crippen LogP) is 6.21. The number of benzene rings is 1. The van der Waals surface area contributed by atoms with Crippen molar-refractivity contribution in [3.05, 3.63) is 29.8 Å². The van der Waals surface area contributed by atoms with Crippen molar-refractivity contribution < 1.29 is 4.79 Å². The van der Waals surface area contributed by atoms with Crippen molar-refractivity contribution in [1.82, 2.24) is 0 Å². The van der Waals surface area contributed by atoms with Gasteiger partial charge in [0.15, 0.2) is 0 Å². The molecule has 2 nitrogen and oxygen atoms in total. The van der Waals surface area contributed by atoms with Crippen molar-refractivity contribution in [2.75, 3.05) is 5.32 Å². The van der Waals surface area contributed by atoms with Crippen molar-refractivity contribution in [2.45, 2.75) is 79.6 Å². The molecule has 1 N–H and O–H groups in total. The minimum absolute atomic E-state index is 0.137. The molecule has 0 saturated heterocycles. The summed E-state index contributed by atoms with van der Waals surface area (Å²) in [6, 6.07) is 8.27. The zero-order valence-corrected chi connectivity index (χ0v) is 15.7. The predicted molar refractivity (Wildman–Crippen MR) is 101 cm³/mol. The van der Waals surface area contributed by atoms with Crippen LogP contribution in [-0.2, 0) is 11.2 Å². The summed E-state index contributed by atoms with van der Waals surface area (Å²) in [6.07, 6.45) is 7.66. The fourth-order valence-electron chi connectivity index (χ4n) is 2.73. The molecule has 0 aliphatic heterocycles. The molecule has 0 spiro atoms. The van der Waals surface area contributed by atoms with Gasteiger partial charge >= 0.3 is 0 Å². The monoisotopic (exact) mass is 317 g/mol. The number of unbranched alkanes of at least 4 members (excludes halogenated alkanes) is 3. The topological polar surface area (TPSA) is 29.1 Å². The Morgan fingerprint density at radius 3 is 2.17 bits per heavy atom.